The van der Waals surface area contributed by atoms with Gasteiger partial charge >= 0.3 is 0 Å². The second-order valence-electron chi connectivity index (χ2n) is 6.16. The number of rotatable bonds is 5. The predicted octanol–water partition coefficient (Wildman–Crippen LogP) is 2.74. The van der Waals surface area contributed by atoms with Crippen LogP contribution >= 0.6 is 0 Å². The van der Waals surface area contributed by atoms with E-state index in [-0.39, 0.29) is 0 Å². The number of nitrogens with one attached hydrogen (secondary N) is 1. The highest BCUT2D eigenvalue weighted by Crippen LogP contribution is 2.47. The molecule has 3 rings (SSSR count). The molecule has 2 aliphatic rings. The van der Waals surface area contributed by atoms with Crippen molar-refractivity contribution in [3.8, 4) is 0 Å². The summed E-state index contributed by atoms with van der Waals surface area (Å²) in [4.78, 5) is 0. The minimum Gasteiger partial charge on any atom is -0.311 e. The minimum atomic E-state index is 0.947. The fourth-order valence-electron chi connectivity index (χ4n) is 4.03. The zero-order valence-electron chi connectivity index (χ0n) is 11.7. The number of aromatic nitrogens is 2. The Bertz CT molecular complexity index is 410. The van der Waals surface area contributed by atoms with Crippen LogP contribution < -0.4 is 5.32 Å². The minimum absolute atomic E-state index is 0.947. The van der Waals surface area contributed by atoms with Gasteiger partial charge in [-0.3, -0.25) is 4.68 Å². The lowest BCUT2D eigenvalue weighted by molar-refractivity contribution is 0.317. The Morgan fingerprint density at radius 2 is 2.28 bits per heavy atom. The Kier molecular flexibility index (Phi) is 3.42. The highest BCUT2D eigenvalue weighted by Gasteiger charge is 2.38. The van der Waals surface area contributed by atoms with Gasteiger partial charge in [0.2, 0.25) is 0 Å². The van der Waals surface area contributed by atoms with E-state index in [9.17, 15) is 0 Å². The van der Waals surface area contributed by atoms with Crippen molar-refractivity contribution in [1.29, 1.82) is 0 Å². The molecular formula is C15H25N3. The van der Waals surface area contributed by atoms with E-state index in [1.165, 1.54) is 37.9 Å². The summed E-state index contributed by atoms with van der Waals surface area (Å²) in [5.41, 5.74) is 2.46. The molecule has 1 heterocycles. The first-order valence-corrected chi connectivity index (χ1v) is 7.50. The van der Waals surface area contributed by atoms with E-state index in [0.29, 0.717) is 0 Å². The third kappa shape index (κ3) is 2.33. The molecule has 0 aromatic carbocycles. The molecule has 2 saturated carbocycles. The van der Waals surface area contributed by atoms with Crippen molar-refractivity contribution >= 4 is 0 Å². The zero-order chi connectivity index (χ0) is 12.5. The fraction of sp³-hybridized carbons (Fsp3) is 0.800. The Labute approximate surface area is 110 Å². The van der Waals surface area contributed by atoms with E-state index < -0.39 is 0 Å². The van der Waals surface area contributed by atoms with Gasteiger partial charge in [0.1, 0.15) is 0 Å². The summed E-state index contributed by atoms with van der Waals surface area (Å²) < 4.78 is 2.11. The quantitative estimate of drug-likeness (QED) is 0.867. The summed E-state index contributed by atoms with van der Waals surface area (Å²) in [6, 6.07) is 2.21. The van der Waals surface area contributed by atoms with E-state index in [2.05, 4.69) is 35.0 Å². The van der Waals surface area contributed by atoms with Gasteiger partial charge < -0.3 is 5.32 Å². The maximum Gasteiger partial charge on any atom is 0.0597 e. The Morgan fingerprint density at radius 1 is 1.39 bits per heavy atom. The van der Waals surface area contributed by atoms with Crippen LogP contribution in [0, 0.1) is 24.7 Å². The molecule has 0 aliphatic heterocycles. The van der Waals surface area contributed by atoms with Crippen LogP contribution in [0.25, 0.3) is 0 Å². The van der Waals surface area contributed by atoms with Crippen molar-refractivity contribution in [1.82, 2.24) is 15.1 Å². The molecule has 1 aromatic heterocycles. The Balaban J connectivity index is 1.49. The van der Waals surface area contributed by atoms with Crippen LogP contribution in [0.1, 0.15) is 44.0 Å². The predicted molar refractivity (Wildman–Crippen MR) is 73.3 cm³/mol. The van der Waals surface area contributed by atoms with E-state index in [1.807, 2.05) is 0 Å². The van der Waals surface area contributed by atoms with E-state index in [1.54, 1.807) is 0 Å². The SMILES string of the molecule is CCn1nc(C)cc1CNCC1CC2CCC1C2. The molecule has 100 valence electrons. The summed E-state index contributed by atoms with van der Waals surface area (Å²) >= 11 is 0. The first-order chi connectivity index (χ1) is 8.76. The first kappa shape index (κ1) is 12.2. The van der Waals surface area contributed by atoms with Crippen molar-refractivity contribution in [2.24, 2.45) is 17.8 Å². The maximum atomic E-state index is 4.49. The number of hydrogen-bond acceptors (Lipinski definition) is 2. The summed E-state index contributed by atoms with van der Waals surface area (Å²) in [5, 5.41) is 8.15. The van der Waals surface area contributed by atoms with Crippen LogP contribution in [0.3, 0.4) is 0 Å². The van der Waals surface area contributed by atoms with E-state index in [0.717, 1.165) is 36.5 Å². The molecule has 18 heavy (non-hydrogen) atoms. The number of fused-ring (bicyclic) bond motifs is 2. The topological polar surface area (TPSA) is 29.9 Å². The molecule has 0 spiro atoms. The lowest BCUT2D eigenvalue weighted by Crippen LogP contribution is -2.27. The molecule has 2 fully saturated rings. The lowest BCUT2D eigenvalue weighted by atomic mass is 9.89. The molecular weight excluding hydrogens is 222 g/mol. The molecule has 2 bridgehead atoms. The third-order valence-corrected chi connectivity index (χ3v) is 4.88. The van der Waals surface area contributed by atoms with Gasteiger partial charge in [-0.1, -0.05) is 6.42 Å². The van der Waals surface area contributed by atoms with Crippen LogP contribution in [-0.2, 0) is 13.1 Å². The summed E-state index contributed by atoms with van der Waals surface area (Å²) in [5.74, 6) is 3.04. The van der Waals surface area contributed by atoms with E-state index >= 15 is 0 Å². The number of hydrogen-bond donors (Lipinski definition) is 1. The van der Waals surface area contributed by atoms with Crippen molar-refractivity contribution in [3.05, 3.63) is 17.5 Å². The maximum absolute atomic E-state index is 4.49. The molecule has 0 radical (unpaired) electrons. The smallest absolute Gasteiger partial charge is 0.0597 e. The Morgan fingerprint density at radius 3 is 2.94 bits per heavy atom. The van der Waals surface area contributed by atoms with Gasteiger partial charge in [0.05, 0.1) is 11.4 Å². The summed E-state index contributed by atoms with van der Waals surface area (Å²) in [7, 11) is 0. The normalized spacial score (nSPS) is 30.2. The van der Waals surface area contributed by atoms with Gasteiger partial charge in [0, 0.05) is 13.1 Å². The summed E-state index contributed by atoms with van der Waals surface area (Å²) in [6.45, 7) is 7.38. The average Bonchev–Trinajstić information content (AvgIpc) is 3.04. The van der Waals surface area contributed by atoms with E-state index in [4.69, 9.17) is 0 Å². The van der Waals surface area contributed by atoms with Gasteiger partial charge in [-0.2, -0.15) is 5.10 Å². The molecule has 3 nitrogen and oxygen atoms in total. The molecule has 3 unspecified atom stereocenters. The van der Waals surface area contributed by atoms with Gasteiger partial charge in [-0.05, 0) is 63.5 Å². The highest BCUT2D eigenvalue weighted by molar-refractivity contribution is 5.08. The van der Waals surface area contributed by atoms with Crippen LogP contribution in [-0.4, -0.2) is 16.3 Å². The monoisotopic (exact) mass is 247 g/mol. The van der Waals surface area contributed by atoms with Crippen LogP contribution in [0.15, 0.2) is 6.07 Å². The number of aryl methyl sites for hydroxylation is 2. The second-order valence-corrected chi connectivity index (χ2v) is 6.16. The highest BCUT2D eigenvalue weighted by atomic mass is 15.3. The molecule has 0 amide bonds. The Hall–Kier alpha value is -0.830. The van der Waals surface area contributed by atoms with Gasteiger partial charge in [-0.15, -0.1) is 0 Å². The van der Waals surface area contributed by atoms with Gasteiger partial charge in [0.25, 0.3) is 0 Å². The van der Waals surface area contributed by atoms with Crippen molar-refractivity contribution in [2.75, 3.05) is 6.54 Å². The lowest BCUT2D eigenvalue weighted by Gasteiger charge is -2.21. The van der Waals surface area contributed by atoms with Crippen LogP contribution in [0.4, 0.5) is 0 Å². The molecule has 0 saturated heterocycles. The van der Waals surface area contributed by atoms with Crippen molar-refractivity contribution in [2.45, 2.75) is 52.6 Å². The first-order valence-electron chi connectivity index (χ1n) is 7.50. The van der Waals surface area contributed by atoms with Crippen LogP contribution in [0.5, 0.6) is 0 Å². The summed E-state index contributed by atoms with van der Waals surface area (Å²) in [6.07, 6.45) is 5.98. The standard InChI is InChI=1S/C15H25N3/c1-3-18-15(6-11(2)17-18)10-16-9-14-8-12-4-5-13(14)7-12/h6,12-14,16H,3-5,7-10H2,1-2H3. The van der Waals surface area contributed by atoms with Gasteiger partial charge in [-0.25, -0.2) is 0 Å². The van der Waals surface area contributed by atoms with Crippen LogP contribution in [0.2, 0.25) is 0 Å². The molecule has 2 aliphatic carbocycles. The molecule has 1 aromatic rings. The van der Waals surface area contributed by atoms with Crippen molar-refractivity contribution < 1.29 is 0 Å². The number of nitrogens with zero attached hydrogens (tertiary/aromatic N) is 2. The largest absolute Gasteiger partial charge is 0.311 e. The molecule has 3 atom stereocenters. The fourth-order valence-corrected chi connectivity index (χ4v) is 4.03. The van der Waals surface area contributed by atoms with Crippen molar-refractivity contribution in [3.63, 3.8) is 0 Å². The van der Waals surface area contributed by atoms with Gasteiger partial charge in [0.15, 0.2) is 0 Å². The average molecular weight is 247 g/mol. The third-order valence-electron chi connectivity index (χ3n) is 4.88. The molecule has 3 heteroatoms. The zero-order valence-corrected chi connectivity index (χ0v) is 11.7. The second kappa shape index (κ2) is 5.04. The molecule has 1 N–H and O–H groups in total.